The van der Waals surface area contributed by atoms with Crippen LogP contribution in [0.4, 0.5) is 0 Å². The first kappa shape index (κ1) is 17.1. The standard InChI is InChI=1S/C18H25N3O2S/c1-3-21-11-19-17-14(18(21)23)12(2)15(24-17)16(22)20-13-9-7-5-4-6-8-10-13/h11,13H,3-10H2,1-2H3,(H,20,22). The van der Waals surface area contributed by atoms with Crippen molar-refractivity contribution in [2.75, 3.05) is 0 Å². The van der Waals surface area contributed by atoms with Gasteiger partial charge in [0.05, 0.1) is 16.6 Å². The van der Waals surface area contributed by atoms with E-state index in [9.17, 15) is 9.59 Å². The highest BCUT2D eigenvalue weighted by atomic mass is 32.1. The molecule has 0 radical (unpaired) electrons. The molecule has 1 aliphatic rings. The summed E-state index contributed by atoms with van der Waals surface area (Å²) >= 11 is 1.33. The van der Waals surface area contributed by atoms with E-state index in [2.05, 4.69) is 10.3 Å². The Morgan fingerprint density at radius 3 is 2.62 bits per heavy atom. The number of nitrogens with one attached hydrogen (secondary N) is 1. The fraction of sp³-hybridized carbons (Fsp3) is 0.611. The third kappa shape index (κ3) is 3.38. The van der Waals surface area contributed by atoms with E-state index >= 15 is 0 Å². The van der Waals surface area contributed by atoms with Crippen LogP contribution in [-0.2, 0) is 6.54 Å². The molecule has 0 spiro atoms. The zero-order valence-corrected chi connectivity index (χ0v) is 15.2. The smallest absolute Gasteiger partial charge is 0.262 e. The van der Waals surface area contributed by atoms with Crippen LogP contribution in [0.2, 0.25) is 0 Å². The summed E-state index contributed by atoms with van der Waals surface area (Å²) in [6, 6.07) is 0.252. The van der Waals surface area contributed by atoms with Crippen LogP contribution in [0.1, 0.15) is 67.1 Å². The van der Waals surface area contributed by atoms with Crippen LogP contribution in [0, 0.1) is 6.92 Å². The molecule has 1 fully saturated rings. The Morgan fingerprint density at radius 1 is 1.29 bits per heavy atom. The van der Waals surface area contributed by atoms with Crippen LogP contribution >= 0.6 is 11.3 Å². The molecule has 3 rings (SSSR count). The predicted molar refractivity (Wildman–Crippen MR) is 97.9 cm³/mol. The molecule has 2 heterocycles. The van der Waals surface area contributed by atoms with Gasteiger partial charge in [0.1, 0.15) is 4.83 Å². The minimum atomic E-state index is -0.0544. The van der Waals surface area contributed by atoms with Crippen LogP contribution in [0.25, 0.3) is 10.2 Å². The van der Waals surface area contributed by atoms with Crippen molar-refractivity contribution in [2.24, 2.45) is 0 Å². The highest BCUT2D eigenvalue weighted by Crippen LogP contribution is 2.27. The summed E-state index contributed by atoms with van der Waals surface area (Å²) in [5.74, 6) is -0.0523. The lowest BCUT2D eigenvalue weighted by molar-refractivity contribution is 0.0934. The highest BCUT2D eigenvalue weighted by Gasteiger charge is 2.21. The number of amides is 1. The minimum absolute atomic E-state index is 0.0523. The van der Waals surface area contributed by atoms with Crippen molar-refractivity contribution in [2.45, 2.75) is 71.4 Å². The molecule has 24 heavy (non-hydrogen) atoms. The van der Waals surface area contributed by atoms with Gasteiger partial charge in [0.15, 0.2) is 0 Å². The average molecular weight is 347 g/mol. The predicted octanol–water partition coefficient (Wildman–Crippen LogP) is 3.63. The average Bonchev–Trinajstić information content (AvgIpc) is 2.88. The first-order valence-electron chi connectivity index (χ1n) is 8.91. The summed E-state index contributed by atoms with van der Waals surface area (Å²) in [6.07, 6.45) is 9.86. The lowest BCUT2D eigenvalue weighted by Gasteiger charge is -2.20. The maximum Gasteiger partial charge on any atom is 0.262 e. The van der Waals surface area contributed by atoms with E-state index in [0.29, 0.717) is 21.6 Å². The first-order valence-corrected chi connectivity index (χ1v) is 9.73. The fourth-order valence-corrected chi connectivity index (χ4v) is 4.49. The molecular weight excluding hydrogens is 322 g/mol. The lowest BCUT2D eigenvalue weighted by Crippen LogP contribution is -2.35. The molecule has 0 saturated heterocycles. The number of thiophene rings is 1. The third-order valence-electron chi connectivity index (χ3n) is 4.90. The Balaban J connectivity index is 1.85. The topological polar surface area (TPSA) is 64.0 Å². The molecule has 1 saturated carbocycles. The SMILES string of the molecule is CCn1cnc2sc(C(=O)NC3CCCCCCC3)c(C)c2c1=O. The lowest BCUT2D eigenvalue weighted by atomic mass is 9.96. The molecule has 0 unspecified atom stereocenters. The molecular formula is C18H25N3O2S. The molecule has 1 N–H and O–H groups in total. The fourth-order valence-electron chi connectivity index (χ4n) is 3.45. The molecule has 2 aromatic heterocycles. The summed E-state index contributed by atoms with van der Waals surface area (Å²) in [5.41, 5.74) is 0.708. The van der Waals surface area contributed by atoms with Crippen LogP contribution in [-0.4, -0.2) is 21.5 Å². The molecule has 0 aromatic carbocycles. The van der Waals surface area contributed by atoms with Gasteiger partial charge in [-0.2, -0.15) is 0 Å². The van der Waals surface area contributed by atoms with Gasteiger partial charge in [0.25, 0.3) is 11.5 Å². The maximum atomic E-state index is 12.7. The van der Waals surface area contributed by atoms with E-state index < -0.39 is 0 Å². The Kier molecular flexibility index (Phi) is 5.33. The maximum absolute atomic E-state index is 12.7. The Labute approximate surface area is 146 Å². The van der Waals surface area contributed by atoms with Gasteiger partial charge in [-0.3, -0.25) is 14.2 Å². The van der Waals surface area contributed by atoms with Crippen molar-refractivity contribution in [1.29, 1.82) is 0 Å². The van der Waals surface area contributed by atoms with Gasteiger partial charge in [0.2, 0.25) is 0 Å². The largest absolute Gasteiger partial charge is 0.349 e. The number of rotatable bonds is 3. The summed E-state index contributed by atoms with van der Waals surface area (Å²) < 4.78 is 1.58. The summed E-state index contributed by atoms with van der Waals surface area (Å²) in [5, 5.41) is 3.78. The number of hydrogen-bond donors (Lipinski definition) is 1. The van der Waals surface area contributed by atoms with Crippen molar-refractivity contribution in [3.8, 4) is 0 Å². The second-order valence-electron chi connectivity index (χ2n) is 6.59. The Morgan fingerprint density at radius 2 is 1.96 bits per heavy atom. The van der Waals surface area contributed by atoms with E-state index in [1.807, 2.05) is 13.8 Å². The summed E-state index contributed by atoms with van der Waals surface area (Å²) in [7, 11) is 0. The molecule has 1 aliphatic carbocycles. The van der Waals surface area contributed by atoms with E-state index in [1.165, 1.54) is 43.4 Å². The van der Waals surface area contributed by atoms with Gasteiger partial charge >= 0.3 is 0 Å². The van der Waals surface area contributed by atoms with Crippen LogP contribution in [0.3, 0.4) is 0 Å². The van der Waals surface area contributed by atoms with Gasteiger partial charge in [-0.15, -0.1) is 11.3 Å². The van der Waals surface area contributed by atoms with E-state index in [0.717, 1.165) is 18.4 Å². The quantitative estimate of drug-likeness (QED) is 0.922. The minimum Gasteiger partial charge on any atom is -0.349 e. The number of aromatic nitrogens is 2. The van der Waals surface area contributed by atoms with E-state index in [4.69, 9.17) is 0 Å². The van der Waals surface area contributed by atoms with Crippen LogP contribution in [0.15, 0.2) is 11.1 Å². The van der Waals surface area contributed by atoms with Gasteiger partial charge in [-0.1, -0.05) is 32.1 Å². The molecule has 130 valence electrons. The van der Waals surface area contributed by atoms with Crippen molar-refractivity contribution in [3.05, 3.63) is 27.1 Å². The van der Waals surface area contributed by atoms with Crippen molar-refractivity contribution >= 4 is 27.5 Å². The monoisotopic (exact) mass is 347 g/mol. The summed E-state index contributed by atoms with van der Waals surface area (Å²) in [6.45, 7) is 4.36. The van der Waals surface area contributed by atoms with Crippen LogP contribution in [0.5, 0.6) is 0 Å². The number of carbonyl (C=O) groups excluding carboxylic acids is 1. The molecule has 1 amide bonds. The van der Waals surface area contributed by atoms with Crippen molar-refractivity contribution in [1.82, 2.24) is 14.9 Å². The number of aryl methyl sites for hydroxylation is 2. The first-order chi connectivity index (χ1) is 11.6. The molecule has 5 nitrogen and oxygen atoms in total. The Bertz CT molecular complexity index is 785. The molecule has 0 atom stereocenters. The normalized spacial score (nSPS) is 16.8. The molecule has 0 bridgehead atoms. The van der Waals surface area contributed by atoms with Gasteiger partial charge in [-0.25, -0.2) is 4.98 Å². The third-order valence-corrected chi connectivity index (χ3v) is 6.10. The van der Waals surface area contributed by atoms with Gasteiger partial charge in [-0.05, 0) is 32.3 Å². The van der Waals surface area contributed by atoms with Crippen molar-refractivity contribution < 1.29 is 4.79 Å². The Hall–Kier alpha value is -1.69. The number of carbonyl (C=O) groups is 1. The molecule has 0 aliphatic heterocycles. The number of nitrogens with zero attached hydrogens (tertiary/aromatic N) is 2. The van der Waals surface area contributed by atoms with Crippen molar-refractivity contribution in [3.63, 3.8) is 0 Å². The highest BCUT2D eigenvalue weighted by molar-refractivity contribution is 7.20. The van der Waals surface area contributed by atoms with E-state index in [1.54, 1.807) is 10.9 Å². The van der Waals surface area contributed by atoms with Gasteiger partial charge in [0, 0.05) is 12.6 Å². The zero-order chi connectivity index (χ0) is 17.1. The summed E-state index contributed by atoms with van der Waals surface area (Å²) in [4.78, 5) is 30.9. The zero-order valence-electron chi connectivity index (χ0n) is 14.4. The molecule has 6 heteroatoms. The molecule has 2 aromatic rings. The number of fused-ring (bicyclic) bond motifs is 1. The second-order valence-corrected chi connectivity index (χ2v) is 7.59. The second kappa shape index (κ2) is 7.47. The van der Waals surface area contributed by atoms with Gasteiger partial charge < -0.3 is 5.32 Å². The van der Waals surface area contributed by atoms with Crippen LogP contribution < -0.4 is 10.9 Å². The van der Waals surface area contributed by atoms with E-state index in [-0.39, 0.29) is 17.5 Å². The number of hydrogen-bond acceptors (Lipinski definition) is 4.